The molecule has 1 aromatic carbocycles. The molecule has 1 unspecified atom stereocenters. The quantitative estimate of drug-likeness (QED) is 0.922. The number of fused-ring (bicyclic) bond motifs is 1. The van der Waals surface area contributed by atoms with Crippen LogP contribution in [0.2, 0.25) is 0 Å². The summed E-state index contributed by atoms with van der Waals surface area (Å²) in [5, 5.41) is 0. The van der Waals surface area contributed by atoms with Crippen molar-refractivity contribution in [3.8, 4) is 0 Å². The molecule has 0 spiro atoms. The van der Waals surface area contributed by atoms with Gasteiger partial charge in [0.2, 0.25) is 10.0 Å². The fraction of sp³-hybridized carbons (Fsp3) is 0.571. The normalized spacial score (nSPS) is 19.9. The van der Waals surface area contributed by atoms with Crippen LogP contribution in [0.3, 0.4) is 0 Å². The third kappa shape index (κ3) is 3.09. The lowest BCUT2D eigenvalue weighted by atomic mass is 10.0. The molecule has 1 aliphatic heterocycles. The predicted octanol–water partition coefficient (Wildman–Crippen LogP) is 2.42. The molecule has 0 fully saturated rings. The van der Waals surface area contributed by atoms with Crippen molar-refractivity contribution in [2.24, 2.45) is 5.73 Å². The highest BCUT2D eigenvalue weighted by atomic mass is 32.2. The zero-order chi connectivity index (χ0) is 13.9. The summed E-state index contributed by atoms with van der Waals surface area (Å²) in [4.78, 5) is 0. The zero-order valence-corrected chi connectivity index (χ0v) is 12.2. The van der Waals surface area contributed by atoms with Crippen molar-refractivity contribution in [1.82, 2.24) is 0 Å². The molecule has 19 heavy (non-hydrogen) atoms. The number of benzene rings is 1. The molecule has 1 aliphatic rings. The molecular formula is C14H22N2O2S. The van der Waals surface area contributed by atoms with Gasteiger partial charge in [-0.25, -0.2) is 8.42 Å². The smallest absolute Gasteiger partial charge is 0.235 e. The van der Waals surface area contributed by atoms with Crippen LogP contribution in [0.1, 0.15) is 44.2 Å². The van der Waals surface area contributed by atoms with E-state index in [1.165, 1.54) is 0 Å². The Morgan fingerprint density at radius 2 is 2.11 bits per heavy atom. The molecule has 0 amide bonds. The Hall–Kier alpha value is -1.07. The van der Waals surface area contributed by atoms with Gasteiger partial charge in [0.05, 0.1) is 11.4 Å². The minimum atomic E-state index is -3.23. The van der Waals surface area contributed by atoms with Crippen molar-refractivity contribution in [3.05, 3.63) is 29.8 Å². The van der Waals surface area contributed by atoms with Gasteiger partial charge in [0, 0.05) is 12.6 Å². The molecule has 0 aliphatic carbocycles. The molecular weight excluding hydrogens is 260 g/mol. The summed E-state index contributed by atoms with van der Waals surface area (Å²) in [6, 6.07) is 7.53. The first-order valence-corrected chi connectivity index (χ1v) is 8.52. The van der Waals surface area contributed by atoms with Crippen molar-refractivity contribution < 1.29 is 8.42 Å². The van der Waals surface area contributed by atoms with Crippen LogP contribution in [0.4, 0.5) is 5.69 Å². The van der Waals surface area contributed by atoms with E-state index in [0.717, 1.165) is 30.5 Å². The van der Waals surface area contributed by atoms with E-state index in [1.807, 2.05) is 31.2 Å². The topological polar surface area (TPSA) is 63.4 Å². The number of hydrogen-bond acceptors (Lipinski definition) is 3. The summed E-state index contributed by atoms with van der Waals surface area (Å²) >= 11 is 0. The molecule has 0 saturated carbocycles. The zero-order valence-electron chi connectivity index (χ0n) is 11.4. The highest BCUT2D eigenvalue weighted by Gasteiger charge is 2.27. The second kappa shape index (κ2) is 5.92. The van der Waals surface area contributed by atoms with Gasteiger partial charge in [-0.15, -0.1) is 0 Å². The van der Waals surface area contributed by atoms with Crippen molar-refractivity contribution >= 4 is 15.7 Å². The first kappa shape index (κ1) is 14.3. The molecule has 1 aromatic rings. The fourth-order valence-corrected chi connectivity index (χ4v) is 4.23. The van der Waals surface area contributed by atoms with Gasteiger partial charge in [-0.1, -0.05) is 31.5 Å². The minimum absolute atomic E-state index is 0.0671. The van der Waals surface area contributed by atoms with Gasteiger partial charge in [-0.3, -0.25) is 4.31 Å². The van der Waals surface area contributed by atoms with Gasteiger partial charge < -0.3 is 5.73 Å². The molecule has 2 rings (SSSR count). The Kier molecular flexibility index (Phi) is 4.47. The Balaban J connectivity index is 2.38. The third-order valence-corrected chi connectivity index (χ3v) is 5.43. The van der Waals surface area contributed by atoms with Crippen LogP contribution in [-0.4, -0.2) is 20.7 Å². The average Bonchev–Trinajstić information content (AvgIpc) is 2.57. The lowest BCUT2D eigenvalue weighted by Crippen LogP contribution is -2.33. The van der Waals surface area contributed by atoms with Gasteiger partial charge in [0.25, 0.3) is 0 Å². The number of nitrogens with zero attached hydrogens (tertiary/aromatic N) is 1. The summed E-state index contributed by atoms with van der Waals surface area (Å²) in [5.41, 5.74) is 7.84. The van der Waals surface area contributed by atoms with E-state index in [9.17, 15) is 8.42 Å². The number of rotatable bonds is 4. The van der Waals surface area contributed by atoms with E-state index in [4.69, 9.17) is 5.73 Å². The lowest BCUT2D eigenvalue weighted by Gasteiger charge is -2.24. The van der Waals surface area contributed by atoms with Crippen LogP contribution < -0.4 is 10.0 Å². The lowest BCUT2D eigenvalue weighted by molar-refractivity contribution is 0.583. The summed E-state index contributed by atoms with van der Waals surface area (Å²) in [6.07, 6.45) is 3.22. The number of para-hydroxylation sites is 1. The molecule has 0 radical (unpaired) electrons. The van der Waals surface area contributed by atoms with E-state index < -0.39 is 10.0 Å². The number of sulfonamides is 1. The molecule has 5 heteroatoms. The summed E-state index contributed by atoms with van der Waals surface area (Å²) in [6.45, 7) is 2.54. The predicted molar refractivity (Wildman–Crippen MR) is 78.6 cm³/mol. The second-order valence-electron chi connectivity index (χ2n) is 5.05. The Morgan fingerprint density at radius 3 is 2.84 bits per heavy atom. The van der Waals surface area contributed by atoms with Crippen molar-refractivity contribution in [3.63, 3.8) is 0 Å². The van der Waals surface area contributed by atoms with E-state index in [-0.39, 0.29) is 11.8 Å². The Bertz CT molecular complexity index is 528. The standard InChI is InChI=1S/C14H22N2O2S/c1-2-3-11-19(17,18)16-10-6-8-13(15)12-7-4-5-9-14(12)16/h4-5,7,9,13H,2-3,6,8,10-11,15H2,1H3. The molecule has 0 bridgehead atoms. The number of hydrogen-bond donors (Lipinski definition) is 1. The van der Waals surface area contributed by atoms with Crippen molar-refractivity contribution in [2.75, 3.05) is 16.6 Å². The molecule has 2 N–H and O–H groups in total. The van der Waals surface area contributed by atoms with Crippen LogP contribution >= 0.6 is 0 Å². The van der Waals surface area contributed by atoms with Crippen molar-refractivity contribution in [1.29, 1.82) is 0 Å². The minimum Gasteiger partial charge on any atom is -0.324 e. The van der Waals surface area contributed by atoms with Gasteiger partial charge >= 0.3 is 0 Å². The highest BCUT2D eigenvalue weighted by molar-refractivity contribution is 7.92. The second-order valence-corrected chi connectivity index (χ2v) is 7.06. The van der Waals surface area contributed by atoms with Gasteiger partial charge in [0.15, 0.2) is 0 Å². The number of anilines is 1. The first-order chi connectivity index (χ1) is 9.06. The van der Waals surface area contributed by atoms with E-state index in [2.05, 4.69) is 0 Å². The Morgan fingerprint density at radius 1 is 1.37 bits per heavy atom. The van der Waals surface area contributed by atoms with Gasteiger partial charge in [0.1, 0.15) is 0 Å². The summed E-state index contributed by atoms with van der Waals surface area (Å²) in [5.74, 6) is 0.215. The highest BCUT2D eigenvalue weighted by Crippen LogP contribution is 2.33. The van der Waals surface area contributed by atoms with Crippen LogP contribution in [0.15, 0.2) is 24.3 Å². The SMILES string of the molecule is CCCCS(=O)(=O)N1CCCC(N)c2ccccc21. The maximum absolute atomic E-state index is 12.5. The third-order valence-electron chi connectivity index (χ3n) is 3.57. The van der Waals surface area contributed by atoms with E-state index in [0.29, 0.717) is 13.0 Å². The van der Waals surface area contributed by atoms with Crippen LogP contribution in [0.25, 0.3) is 0 Å². The molecule has 4 nitrogen and oxygen atoms in total. The van der Waals surface area contributed by atoms with Crippen LogP contribution in [-0.2, 0) is 10.0 Å². The van der Waals surface area contributed by atoms with Gasteiger partial charge in [-0.2, -0.15) is 0 Å². The maximum atomic E-state index is 12.5. The van der Waals surface area contributed by atoms with Crippen LogP contribution in [0.5, 0.6) is 0 Å². The first-order valence-electron chi connectivity index (χ1n) is 6.91. The molecule has 1 atom stereocenters. The summed E-state index contributed by atoms with van der Waals surface area (Å²) in [7, 11) is -3.23. The van der Waals surface area contributed by atoms with Gasteiger partial charge in [-0.05, 0) is 30.9 Å². The van der Waals surface area contributed by atoms with Crippen molar-refractivity contribution in [2.45, 2.75) is 38.6 Å². The number of unbranched alkanes of at least 4 members (excludes halogenated alkanes) is 1. The number of nitrogens with two attached hydrogens (primary N) is 1. The van der Waals surface area contributed by atoms with E-state index in [1.54, 1.807) is 4.31 Å². The summed E-state index contributed by atoms with van der Waals surface area (Å²) < 4.78 is 26.5. The maximum Gasteiger partial charge on any atom is 0.235 e. The van der Waals surface area contributed by atoms with Crippen LogP contribution in [0, 0.1) is 0 Å². The largest absolute Gasteiger partial charge is 0.324 e. The molecule has 0 aromatic heterocycles. The fourth-order valence-electron chi connectivity index (χ4n) is 2.48. The molecule has 1 heterocycles. The van der Waals surface area contributed by atoms with E-state index >= 15 is 0 Å². The monoisotopic (exact) mass is 282 g/mol. The molecule has 0 saturated heterocycles. The molecule has 106 valence electrons. The Labute approximate surface area is 115 Å². The average molecular weight is 282 g/mol.